The number of benzene rings is 2. The molecule has 0 aliphatic rings. The zero-order valence-electron chi connectivity index (χ0n) is 15.5. The van der Waals surface area contributed by atoms with E-state index < -0.39 is 5.91 Å². The first kappa shape index (κ1) is 19.5. The average molecular weight is 354 g/mol. The maximum Gasteiger partial charge on any atom is 0.276 e. The Balaban J connectivity index is 1.88. The smallest absolute Gasteiger partial charge is 0.276 e. The first-order valence-corrected chi connectivity index (χ1v) is 8.85. The van der Waals surface area contributed by atoms with Crippen LogP contribution in [-0.2, 0) is 9.59 Å². The SMILES string of the molecule is CCC[C@@H](C(=O)NNC(=O)COc1c(C)cccc1C)c1ccccc1. The van der Waals surface area contributed by atoms with Crippen molar-refractivity contribution >= 4 is 11.8 Å². The second-order valence-corrected chi connectivity index (χ2v) is 6.30. The van der Waals surface area contributed by atoms with Crippen molar-refractivity contribution in [3.05, 3.63) is 65.2 Å². The van der Waals surface area contributed by atoms with Gasteiger partial charge in [0.15, 0.2) is 6.61 Å². The van der Waals surface area contributed by atoms with E-state index in [1.807, 2.05) is 69.3 Å². The zero-order chi connectivity index (χ0) is 18.9. The van der Waals surface area contributed by atoms with E-state index in [1.165, 1.54) is 0 Å². The second-order valence-electron chi connectivity index (χ2n) is 6.30. The van der Waals surface area contributed by atoms with Gasteiger partial charge in [0.2, 0.25) is 5.91 Å². The molecule has 0 fully saturated rings. The van der Waals surface area contributed by atoms with Crippen LogP contribution in [-0.4, -0.2) is 18.4 Å². The van der Waals surface area contributed by atoms with Crippen molar-refractivity contribution in [2.24, 2.45) is 0 Å². The summed E-state index contributed by atoms with van der Waals surface area (Å²) in [6.45, 7) is 5.73. The van der Waals surface area contributed by atoms with E-state index >= 15 is 0 Å². The fourth-order valence-electron chi connectivity index (χ4n) is 2.84. The number of ether oxygens (including phenoxy) is 1. The molecule has 0 heterocycles. The fraction of sp³-hybridized carbons (Fsp3) is 0.333. The number of amides is 2. The van der Waals surface area contributed by atoms with Crippen molar-refractivity contribution in [1.82, 2.24) is 10.9 Å². The van der Waals surface area contributed by atoms with E-state index in [9.17, 15) is 9.59 Å². The predicted molar refractivity (Wildman–Crippen MR) is 102 cm³/mol. The summed E-state index contributed by atoms with van der Waals surface area (Å²) in [7, 11) is 0. The van der Waals surface area contributed by atoms with Gasteiger partial charge in [-0.1, -0.05) is 61.9 Å². The highest BCUT2D eigenvalue weighted by atomic mass is 16.5. The molecular weight excluding hydrogens is 328 g/mol. The Labute approximate surface area is 154 Å². The molecule has 26 heavy (non-hydrogen) atoms. The fourth-order valence-corrected chi connectivity index (χ4v) is 2.84. The maximum atomic E-state index is 12.5. The van der Waals surface area contributed by atoms with Gasteiger partial charge in [-0.05, 0) is 37.0 Å². The second kappa shape index (κ2) is 9.61. The Morgan fingerprint density at radius 2 is 1.62 bits per heavy atom. The predicted octanol–water partition coefficient (Wildman–Crippen LogP) is 3.41. The number of carbonyl (C=O) groups is 2. The van der Waals surface area contributed by atoms with Gasteiger partial charge in [-0.2, -0.15) is 0 Å². The van der Waals surface area contributed by atoms with Gasteiger partial charge >= 0.3 is 0 Å². The lowest BCUT2D eigenvalue weighted by molar-refractivity contribution is -0.130. The summed E-state index contributed by atoms with van der Waals surface area (Å²) < 4.78 is 5.59. The molecule has 0 saturated heterocycles. The highest BCUT2D eigenvalue weighted by molar-refractivity contribution is 5.86. The number of hydrazine groups is 1. The van der Waals surface area contributed by atoms with E-state index in [1.54, 1.807) is 0 Å². The molecule has 0 unspecified atom stereocenters. The van der Waals surface area contributed by atoms with Gasteiger partial charge in [-0.25, -0.2) is 0 Å². The summed E-state index contributed by atoms with van der Waals surface area (Å²) in [6, 6.07) is 15.4. The summed E-state index contributed by atoms with van der Waals surface area (Å²) in [5.74, 6) is -0.217. The van der Waals surface area contributed by atoms with Crippen molar-refractivity contribution in [3.63, 3.8) is 0 Å². The molecule has 0 aliphatic heterocycles. The lowest BCUT2D eigenvalue weighted by atomic mass is 9.94. The number of hydrogen-bond donors (Lipinski definition) is 2. The van der Waals surface area contributed by atoms with Crippen LogP contribution in [0.3, 0.4) is 0 Å². The molecule has 2 aromatic rings. The third kappa shape index (κ3) is 5.34. The minimum atomic E-state index is -0.399. The minimum absolute atomic E-state index is 0.157. The minimum Gasteiger partial charge on any atom is -0.483 e. The van der Waals surface area contributed by atoms with Crippen LogP contribution in [0.15, 0.2) is 48.5 Å². The average Bonchev–Trinajstić information content (AvgIpc) is 2.64. The van der Waals surface area contributed by atoms with Crippen LogP contribution in [0.2, 0.25) is 0 Å². The molecule has 138 valence electrons. The van der Waals surface area contributed by atoms with Crippen molar-refractivity contribution < 1.29 is 14.3 Å². The number of para-hydroxylation sites is 1. The topological polar surface area (TPSA) is 67.4 Å². The lowest BCUT2D eigenvalue weighted by Crippen LogP contribution is -2.45. The number of nitrogens with one attached hydrogen (secondary N) is 2. The molecule has 5 heteroatoms. The molecule has 2 rings (SSSR count). The normalized spacial score (nSPS) is 11.5. The molecule has 2 amide bonds. The van der Waals surface area contributed by atoms with E-state index in [0.29, 0.717) is 12.2 Å². The molecule has 0 bridgehead atoms. The van der Waals surface area contributed by atoms with Crippen LogP contribution in [0.4, 0.5) is 0 Å². The number of carbonyl (C=O) groups excluding carboxylic acids is 2. The van der Waals surface area contributed by atoms with Gasteiger partial charge in [-0.3, -0.25) is 20.4 Å². The van der Waals surface area contributed by atoms with Crippen LogP contribution in [0, 0.1) is 13.8 Å². The first-order chi connectivity index (χ1) is 12.5. The van der Waals surface area contributed by atoms with Gasteiger partial charge in [0.1, 0.15) is 5.75 Å². The third-order valence-corrected chi connectivity index (χ3v) is 4.18. The van der Waals surface area contributed by atoms with Crippen molar-refractivity contribution in [2.75, 3.05) is 6.61 Å². The molecule has 0 aliphatic carbocycles. The maximum absolute atomic E-state index is 12.5. The molecule has 5 nitrogen and oxygen atoms in total. The first-order valence-electron chi connectivity index (χ1n) is 8.85. The van der Waals surface area contributed by atoms with Crippen LogP contribution < -0.4 is 15.6 Å². The Bertz CT molecular complexity index is 724. The summed E-state index contributed by atoms with van der Waals surface area (Å²) in [5.41, 5.74) is 7.82. The van der Waals surface area contributed by atoms with Crippen LogP contribution in [0.25, 0.3) is 0 Å². The lowest BCUT2D eigenvalue weighted by Gasteiger charge is -2.17. The van der Waals surface area contributed by atoms with Gasteiger partial charge in [0.25, 0.3) is 5.91 Å². The highest BCUT2D eigenvalue weighted by Gasteiger charge is 2.20. The van der Waals surface area contributed by atoms with Gasteiger partial charge in [0, 0.05) is 0 Å². The van der Waals surface area contributed by atoms with Crippen molar-refractivity contribution in [3.8, 4) is 5.75 Å². The van der Waals surface area contributed by atoms with E-state index in [2.05, 4.69) is 10.9 Å². The van der Waals surface area contributed by atoms with Crippen molar-refractivity contribution in [1.29, 1.82) is 0 Å². The molecule has 2 N–H and O–H groups in total. The van der Waals surface area contributed by atoms with E-state index in [-0.39, 0.29) is 18.4 Å². The third-order valence-electron chi connectivity index (χ3n) is 4.18. The standard InChI is InChI=1S/C21H26N2O3/c1-4-9-18(17-12-6-5-7-13-17)21(25)23-22-19(24)14-26-20-15(2)10-8-11-16(20)3/h5-8,10-13,18H,4,9,14H2,1-3H3,(H,22,24)(H,23,25)/t18-/m1/s1. The monoisotopic (exact) mass is 354 g/mol. The van der Waals surface area contributed by atoms with E-state index in [4.69, 9.17) is 4.74 Å². The number of hydrogen-bond acceptors (Lipinski definition) is 3. The van der Waals surface area contributed by atoms with Crippen LogP contribution >= 0.6 is 0 Å². The Morgan fingerprint density at radius 1 is 0.962 bits per heavy atom. The molecule has 2 aromatic carbocycles. The summed E-state index contributed by atoms with van der Waals surface area (Å²) in [5, 5.41) is 0. The molecule has 1 atom stereocenters. The Morgan fingerprint density at radius 3 is 2.23 bits per heavy atom. The van der Waals surface area contributed by atoms with E-state index in [0.717, 1.165) is 23.1 Å². The zero-order valence-corrected chi connectivity index (χ0v) is 15.5. The van der Waals surface area contributed by atoms with Crippen LogP contribution in [0.1, 0.15) is 42.4 Å². The van der Waals surface area contributed by atoms with Gasteiger partial charge < -0.3 is 4.74 Å². The van der Waals surface area contributed by atoms with Gasteiger partial charge in [0.05, 0.1) is 5.92 Å². The van der Waals surface area contributed by atoms with Crippen molar-refractivity contribution in [2.45, 2.75) is 39.5 Å². The summed E-state index contributed by atoms with van der Waals surface area (Å²) >= 11 is 0. The van der Waals surface area contributed by atoms with Gasteiger partial charge in [-0.15, -0.1) is 0 Å². The molecule has 0 radical (unpaired) electrons. The Kier molecular flexibility index (Phi) is 7.21. The Hall–Kier alpha value is -2.82. The summed E-state index contributed by atoms with van der Waals surface area (Å²) in [6.07, 6.45) is 1.58. The largest absolute Gasteiger partial charge is 0.483 e. The number of aryl methyl sites for hydroxylation is 2. The van der Waals surface area contributed by atoms with Crippen LogP contribution in [0.5, 0.6) is 5.75 Å². The quantitative estimate of drug-likeness (QED) is 0.749. The highest BCUT2D eigenvalue weighted by Crippen LogP contribution is 2.22. The summed E-state index contributed by atoms with van der Waals surface area (Å²) in [4.78, 5) is 24.5. The molecule has 0 spiro atoms. The molecule has 0 saturated carbocycles. The molecule has 0 aromatic heterocycles. The number of rotatable bonds is 7. The molecular formula is C21H26N2O3.